The molecule has 2 unspecified atom stereocenters. The average Bonchev–Trinajstić information content (AvgIpc) is 2.96. The van der Waals surface area contributed by atoms with E-state index in [1.165, 1.54) is 12.8 Å². The molecule has 1 aliphatic heterocycles. The molecular formula is C12H21N3O. The summed E-state index contributed by atoms with van der Waals surface area (Å²) in [6, 6.07) is 2.56. The Balaban J connectivity index is 1.70. The molecule has 0 aliphatic carbocycles. The molecule has 2 rings (SSSR count). The first-order valence-corrected chi connectivity index (χ1v) is 6.18. The van der Waals surface area contributed by atoms with Crippen LogP contribution in [0.2, 0.25) is 0 Å². The quantitative estimate of drug-likeness (QED) is 0.790. The standard InChI is InChI=1S/C12H21N3O/c1-2-12(11-4-9-16-10-11)13-6-8-15-7-3-5-14-15/h3,5,7,11-13H,2,4,6,8-10H2,1H3. The highest BCUT2D eigenvalue weighted by atomic mass is 16.5. The van der Waals surface area contributed by atoms with Gasteiger partial charge >= 0.3 is 0 Å². The van der Waals surface area contributed by atoms with Crippen LogP contribution in [0.15, 0.2) is 18.5 Å². The number of hydrogen-bond acceptors (Lipinski definition) is 3. The third-order valence-electron chi connectivity index (χ3n) is 3.28. The van der Waals surface area contributed by atoms with Gasteiger partial charge in [-0.15, -0.1) is 0 Å². The van der Waals surface area contributed by atoms with Gasteiger partial charge in [0.1, 0.15) is 0 Å². The summed E-state index contributed by atoms with van der Waals surface area (Å²) in [5.74, 6) is 0.697. The molecule has 0 bridgehead atoms. The van der Waals surface area contributed by atoms with Crippen LogP contribution in [0.3, 0.4) is 0 Å². The minimum absolute atomic E-state index is 0.595. The summed E-state index contributed by atoms with van der Waals surface area (Å²) < 4.78 is 7.40. The molecule has 90 valence electrons. The second kappa shape index (κ2) is 6.01. The second-order valence-corrected chi connectivity index (χ2v) is 4.36. The van der Waals surface area contributed by atoms with Crippen molar-refractivity contribution >= 4 is 0 Å². The fourth-order valence-electron chi connectivity index (χ4n) is 2.31. The summed E-state index contributed by atoms with van der Waals surface area (Å²) >= 11 is 0. The summed E-state index contributed by atoms with van der Waals surface area (Å²) in [6.45, 7) is 6.02. The van der Waals surface area contributed by atoms with Crippen molar-refractivity contribution in [2.45, 2.75) is 32.4 Å². The van der Waals surface area contributed by atoms with Gasteiger partial charge < -0.3 is 10.1 Å². The molecule has 0 amide bonds. The molecule has 1 N–H and O–H groups in total. The molecule has 2 heterocycles. The van der Waals surface area contributed by atoms with Crippen molar-refractivity contribution < 1.29 is 4.74 Å². The molecule has 1 aliphatic rings. The molecular weight excluding hydrogens is 202 g/mol. The predicted molar refractivity (Wildman–Crippen MR) is 63.2 cm³/mol. The normalized spacial score (nSPS) is 22.4. The fraction of sp³-hybridized carbons (Fsp3) is 0.750. The SMILES string of the molecule is CCC(NCCn1cccn1)C1CCOC1. The maximum absolute atomic E-state index is 5.43. The van der Waals surface area contributed by atoms with Gasteiger partial charge in [0.15, 0.2) is 0 Å². The van der Waals surface area contributed by atoms with Crippen LogP contribution in [-0.2, 0) is 11.3 Å². The summed E-state index contributed by atoms with van der Waals surface area (Å²) in [5, 5.41) is 7.80. The summed E-state index contributed by atoms with van der Waals surface area (Å²) in [5.41, 5.74) is 0. The molecule has 1 fully saturated rings. The predicted octanol–water partition coefficient (Wildman–Crippen LogP) is 1.29. The monoisotopic (exact) mass is 223 g/mol. The Hall–Kier alpha value is -0.870. The number of nitrogens with one attached hydrogen (secondary N) is 1. The van der Waals surface area contributed by atoms with Crippen LogP contribution in [0.5, 0.6) is 0 Å². The van der Waals surface area contributed by atoms with Gasteiger partial charge in [0.25, 0.3) is 0 Å². The molecule has 1 saturated heterocycles. The zero-order chi connectivity index (χ0) is 11.2. The summed E-state index contributed by atoms with van der Waals surface area (Å²) in [4.78, 5) is 0. The molecule has 2 atom stereocenters. The number of ether oxygens (including phenoxy) is 1. The molecule has 0 saturated carbocycles. The smallest absolute Gasteiger partial charge is 0.0534 e. The zero-order valence-electron chi connectivity index (χ0n) is 9.93. The van der Waals surface area contributed by atoms with Crippen molar-refractivity contribution in [3.05, 3.63) is 18.5 Å². The van der Waals surface area contributed by atoms with Gasteiger partial charge in [-0.2, -0.15) is 5.10 Å². The van der Waals surface area contributed by atoms with Gasteiger partial charge in [0.2, 0.25) is 0 Å². The Morgan fingerprint density at radius 2 is 2.56 bits per heavy atom. The van der Waals surface area contributed by atoms with Crippen molar-refractivity contribution in [1.82, 2.24) is 15.1 Å². The summed E-state index contributed by atoms with van der Waals surface area (Å²) in [7, 11) is 0. The third kappa shape index (κ3) is 3.06. The van der Waals surface area contributed by atoms with E-state index in [0.29, 0.717) is 12.0 Å². The first-order valence-electron chi connectivity index (χ1n) is 6.18. The number of rotatable bonds is 6. The van der Waals surface area contributed by atoms with Crippen LogP contribution in [0, 0.1) is 5.92 Å². The van der Waals surface area contributed by atoms with Gasteiger partial charge in [-0.25, -0.2) is 0 Å². The highest BCUT2D eigenvalue weighted by molar-refractivity contribution is 4.80. The Kier molecular flexibility index (Phi) is 4.36. The van der Waals surface area contributed by atoms with E-state index in [1.54, 1.807) is 0 Å². The largest absolute Gasteiger partial charge is 0.381 e. The Bertz CT molecular complexity index is 280. The number of nitrogens with zero attached hydrogens (tertiary/aromatic N) is 2. The summed E-state index contributed by atoms with van der Waals surface area (Å²) in [6.07, 6.45) is 6.20. The van der Waals surface area contributed by atoms with Crippen molar-refractivity contribution in [2.24, 2.45) is 5.92 Å². The molecule has 1 aromatic heterocycles. The molecule has 0 spiro atoms. The van der Waals surface area contributed by atoms with Crippen molar-refractivity contribution in [3.8, 4) is 0 Å². The van der Waals surface area contributed by atoms with Gasteiger partial charge in [-0.05, 0) is 24.8 Å². The second-order valence-electron chi connectivity index (χ2n) is 4.36. The van der Waals surface area contributed by atoms with Crippen LogP contribution >= 0.6 is 0 Å². The molecule has 1 aromatic rings. The van der Waals surface area contributed by atoms with E-state index >= 15 is 0 Å². The van der Waals surface area contributed by atoms with E-state index in [1.807, 2.05) is 23.1 Å². The van der Waals surface area contributed by atoms with Crippen LogP contribution in [-0.4, -0.2) is 35.6 Å². The van der Waals surface area contributed by atoms with Crippen molar-refractivity contribution in [2.75, 3.05) is 19.8 Å². The number of hydrogen-bond donors (Lipinski definition) is 1. The lowest BCUT2D eigenvalue weighted by Crippen LogP contribution is -2.37. The highest BCUT2D eigenvalue weighted by Gasteiger charge is 2.23. The van der Waals surface area contributed by atoms with Gasteiger partial charge in [0, 0.05) is 31.6 Å². The van der Waals surface area contributed by atoms with Gasteiger partial charge in [-0.3, -0.25) is 4.68 Å². The molecule has 16 heavy (non-hydrogen) atoms. The van der Waals surface area contributed by atoms with Gasteiger partial charge in [0.05, 0.1) is 13.2 Å². The minimum atomic E-state index is 0.595. The highest BCUT2D eigenvalue weighted by Crippen LogP contribution is 2.18. The molecule has 4 nitrogen and oxygen atoms in total. The lowest BCUT2D eigenvalue weighted by atomic mass is 9.97. The van der Waals surface area contributed by atoms with E-state index in [4.69, 9.17) is 4.74 Å². The van der Waals surface area contributed by atoms with Crippen molar-refractivity contribution in [1.29, 1.82) is 0 Å². The molecule has 0 aromatic carbocycles. The Morgan fingerprint density at radius 3 is 3.19 bits per heavy atom. The van der Waals surface area contributed by atoms with Crippen LogP contribution in [0.1, 0.15) is 19.8 Å². The van der Waals surface area contributed by atoms with E-state index in [9.17, 15) is 0 Å². The van der Waals surface area contributed by atoms with E-state index in [0.717, 1.165) is 26.3 Å². The fourth-order valence-corrected chi connectivity index (χ4v) is 2.31. The molecule has 0 radical (unpaired) electrons. The van der Waals surface area contributed by atoms with E-state index in [-0.39, 0.29) is 0 Å². The van der Waals surface area contributed by atoms with Gasteiger partial charge in [-0.1, -0.05) is 6.92 Å². The van der Waals surface area contributed by atoms with Crippen LogP contribution in [0.4, 0.5) is 0 Å². The minimum Gasteiger partial charge on any atom is -0.381 e. The van der Waals surface area contributed by atoms with E-state index < -0.39 is 0 Å². The molecule has 4 heteroatoms. The zero-order valence-corrected chi connectivity index (χ0v) is 9.93. The number of aromatic nitrogens is 2. The topological polar surface area (TPSA) is 39.1 Å². The first kappa shape index (κ1) is 11.6. The Morgan fingerprint density at radius 1 is 1.62 bits per heavy atom. The van der Waals surface area contributed by atoms with Crippen LogP contribution < -0.4 is 5.32 Å². The third-order valence-corrected chi connectivity index (χ3v) is 3.28. The average molecular weight is 223 g/mol. The lowest BCUT2D eigenvalue weighted by molar-refractivity contribution is 0.175. The first-order chi connectivity index (χ1) is 7.90. The van der Waals surface area contributed by atoms with Crippen LogP contribution in [0.25, 0.3) is 0 Å². The Labute approximate surface area is 97.0 Å². The maximum atomic E-state index is 5.43. The van der Waals surface area contributed by atoms with Crippen molar-refractivity contribution in [3.63, 3.8) is 0 Å². The lowest BCUT2D eigenvalue weighted by Gasteiger charge is -2.22. The van der Waals surface area contributed by atoms with E-state index in [2.05, 4.69) is 17.3 Å². The maximum Gasteiger partial charge on any atom is 0.0534 e.